The highest BCUT2D eigenvalue weighted by atomic mass is 19.3. The van der Waals surface area contributed by atoms with Gasteiger partial charge in [0.05, 0.1) is 12.8 Å². The molecule has 262 valence electrons. The summed E-state index contributed by atoms with van der Waals surface area (Å²) in [5.74, 6) is -8.84. The summed E-state index contributed by atoms with van der Waals surface area (Å²) in [5.41, 5.74) is -0.463. The summed E-state index contributed by atoms with van der Waals surface area (Å²) in [4.78, 5) is 59.9. The minimum absolute atomic E-state index is 0.0970. The fourth-order valence-corrected chi connectivity index (χ4v) is 6.13. The van der Waals surface area contributed by atoms with Gasteiger partial charge in [0, 0.05) is 56.3 Å². The van der Waals surface area contributed by atoms with Crippen molar-refractivity contribution >= 4 is 29.3 Å². The molecule has 4 amide bonds. The molecule has 2 aromatic rings. The number of likely N-dealkylation sites (N-methyl/N-ethyl adjacent to an activating group) is 1. The lowest BCUT2D eigenvalue weighted by Gasteiger charge is -2.36. The number of rotatable bonds is 12. The van der Waals surface area contributed by atoms with Crippen molar-refractivity contribution in [2.45, 2.75) is 76.3 Å². The highest BCUT2D eigenvalue weighted by Crippen LogP contribution is 2.32. The first kappa shape index (κ1) is 36.6. The molecule has 14 heteroatoms. The van der Waals surface area contributed by atoms with Gasteiger partial charge in [-0.25, -0.2) is 9.37 Å². The molecule has 0 unspecified atom stereocenters. The number of alkyl halides is 2. The van der Waals surface area contributed by atoms with Crippen molar-refractivity contribution in [3.8, 4) is 5.88 Å². The number of nitrogens with one attached hydrogen (secondary N) is 3. The van der Waals surface area contributed by atoms with E-state index >= 15 is 13.2 Å². The third-order valence-corrected chi connectivity index (χ3v) is 9.28. The number of hydrogen-bond acceptors (Lipinski definition) is 7. The van der Waals surface area contributed by atoms with E-state index < -0.39 is 53.0 Å². The van der Waals surface area contributed by atoms with Crippen molar-refractivity contribution in [2.75, 3.05) is 45.7 Å². The Labute approximate surface area is 279 Å². The van der Waals surface area contributed by atoms with Crippen LogP contribution in [-0.2, 0) is 25.1 Å². The topological polar surface area (TPSA) is 133 Å². The highest BCUT2D eigenvalue weighted by Gasteiger charge is 2.44. The largest absolute Gasteiger partial charge is 0.481 e. The number of pyridine rings is 1. The predicted octanol–water partition coefficient (Wildman–Crippen LogP) is 3.80. The zero-order valence-corrected chi connectivity index (χ0v) is 27.9. The molecule has 0 bridgehead atoms. The van der Waals surface area contributed by atoms with Gasteiger partial charge in [-0.2, -0.15) is 8.78 Å². The molecule has 1 aromatic carbocycles. The third kappa shape index (κ3) is 8.82. The number of carbonyl (C=O) groups is 4. The van der Waals surface area contributed by atoms with Gasteiger partial charge >= 0.3 is 5.92 Å². The van der Waals surface area contributed by atoms with Crippen molar-refractivity contribution in [1.82, 2.24) is 25.4 Å². The van der Waals surface area contributed by atoms with Gasteiger partial charge in [-0.3, -0.25) is 19.2 Å². The van der Waals surface area contributed by atoms with Gasteiger partial charge < -0.3 is 30.5 Å². The molecule has 2 aliphatic rings. The normalized spacial score (nSPS) is 17.9. The summed E-state index contributed by atoms with van der Waals surface area (Å²) in [6.07, 6.45) is 4.48. The van der Waals surface area contributed by atoms with Crippen LogP contribution >= 0.6 is 0 Å². The van der Waals surface area contributed by atoms with E-state index in [1.165, 1.54) is 25.3 Å². The zero-order chi connectivity index (χ0) is 35.0. The van der Waals surface area contributed by atoms with Gasteiger partial charge in [0.15, 0.2) is 0 Å². The number of halogens is 3. The van der Waals surface area contributed by atoms with E-state index in [0.717, 1.165) is 31.5 Å². The summed E-state index contributed by atoms with van der Waals surface area (Å²) in [7, 11) is 3.29. The van der Waals surface area contributed by atoms with E-state index in [-0.39, 0.29) is 29.8 Å². The van der Waals surface area contributed by atoms with Gasteiger partial charge in [-0.05, 0) is 49.6 Å². The molecule has 1 saturated heterocycles. The number of nitrogens with zero attached hydrogens (tertiary/aromatic N) is 3. The molecule has 3 atom stereocenters. The number of carbonyl (C=O) groups excluding carboxylic acids is 4. The number of amides is 4. The minimum atomic E-state index is -4.00. The molecule has 0 spiro atoms. The summed E-state index contributed by atoms with van der Waals surface area (Å²) in [5, 5.41) is 7.51. The molecule has 4 rings (SSSR count). The molecule has 1 aromatic heterocycles. The van der Waals surface area contributed by atoms with Crippen LogP contribution in [0.2, 0.25) is 0 Å². The van der Waals surface area contributed by atoms with E-state index in [0.29, 0.717) is 44.6 Å². The number of benzene rings is 1. The van der Waals surface area contributed by atoms with Crippen molar-refractivity contribution in [1.29, 1.82) is 0 Å². The van der Waals surface area contributed by atoms with Crippen LogP contribution in [0.25, 0.3) is 0 Å². The van der Waals surface area contributed by atoms with E-state index in [4.69, 9.17) is 4.74 Å². The first-order valence-electron chi connectivity index (χ1n) is 16.4. The molecule has 0 radical (unpaired) electrons. The number of methoxy groups -OCH3 is 1. The third-order valence-electron chi connectivity index (χ3n) is 9.28. The van der Waals surface area contributed by atoms with Crippen LogP contribution in [-0.4, -0.2) is 90.8 Å². The Morgan fingerprint density at radius 3 is 2.29 bits per heavy atom. The van der Waals surface area contributed by atoms with Crippen LogP contribution in [0.15, 0.2) is 36.5 Å². The Kier molecular flexibility index (Phi) is 12.4. The molecule has 48 heavy (non-hydrogen) atoms. The van der Waals surface area contributed by atoms with E-state index in [2.05, 4.69) is 25.8 Å². The molecular weight excluding hydrogens is 629 g/mol. The Balaban J connectivity index is 1.52. The predicted molar refractivity (Wildman–Crippen MR) is 173 cm³/mol. The van der Waals surface area contributed by atoms with E-state index in [9.17, 15) is 19.2 Å². The smallest absolute Gasteiger partial charge is 0.351 e. The van der Waals surface area contributed by atoms with Crippen LogP contribution in [0.1, 0.15) is 69.4 Å². The molecule has 2 fully saturated rings. The van der Waals surface area contributed by atoms with Crippen LogP contribution in [0.3, 0.4) is 0 Å². The number of piperazine rings is 1. The van der Waals surface area contributed by atoms with Crippen molar-refractivity contribution in [3.63, 3.8) is 0 Å². The molecule has 11 nitrogen and oxygen atoms in total. The second kappa shape index (κ2) is 16.3. The maximum absolute atomic E-state index is 15.6. The molecule has 3 N–H and O–H groups in total. The van der Waals surface area contributed by atoms with E-state index in [1.807, 2.05) is 7.05 Å². The standard InChI is InChI=1S/C34H45F3N6O5/c1-5-27(44)40-29(32(46)43-17-15-42(3)16-18-43)21(2)23-11-13-26(25(35)19-23)39-31(45)30(22-9-7-6-8-10-22)41-33(47)34(36,37)24-12-14-28(48-4)38-20-24/h11-14,19-22,29-30H,5-10,15-18H2,1-4H3,(H,39,45)(H,40,44)(H,41,47)/t21-,29+,30-/m0/s1. The van der Waals surface area contributed by atoms with Crippen LogP contribution in [0, 0.1) is 11.7 Å². The fraction of sp³-hybridized carbons (Fsp3) is 0.559. The minimum Gasteiger partial charge on any atom is -0.481 e. The Hall–Kier alpha value is -4.20. The average molecular weight is 675 g/mol. The molecule has 1 aliphatic heterocycles. The average Bonchev–Trinajstić information content (AvgIpc) is 3.10. The lowest BCUT2D eigenvalue weighted by atomic mass is 9.83. The van der Waals surface area contributed by atoms with E-state index in [1.54, 1.807) is 24.8 Å². The van der Waals surface area contributed by atoms with Crippen molar-refractivity contribution in [3.05, 3.63) is 53.5 Å². The quantitative estimate of drug-likeness (QED) is 0.312. The van der Waals surface area contributed by atoms with Gasteiger partial charge in [0.25, 0.3) is 5.91 Å². The number of hydrogen-bond donors (Lipinski definition) is 3. The maximum atomic E-state index is 15.6. The summed E-state index contributed by atoms with van der Waals surface area (Å²) >= 11 is 0. The van der Waals surface area contributed by atoms with Crippen LogP contribution in [0.4, 0.5) is 18.9 Å². The van der Waals surface area contributed by atoms with Crippen LogP contribution < -0.4 is 20.7 Å². The zero-order valence-electron chi connectivity index (χ0n) is 27.9. The lowest BCUT2D eigenvalue weighted by Crippen LogP contribution is -2.55. The maximum Gasteiger partial charge on any atom is 0.351 e. The van der Waals surface area contributed by atoms with Crippen molar-refractivity contribution in [2.24, 2.45) is 5.92 Å². The first-order chi connectivity index (χ1) is 22.8. The number of aromatic nitrogens is 1. The molecule has 1 aliphatic carbocycles. The highest BCUT2D eigenvalue weighted by molar-refractivity contribution is 5.98. The molecule has 1 saturated carbocycles. The summed E-state index contributed by atoms with van der Waals surface area (Å²) in [6, 6.07) is 4.01. The van der Waals surface area contributed by atoms with Gasteiger partial charge in [0.2, 0.25) is 23.6 Å². The molecular formula is C34H45F3N6O5. The van der Waals surface area contributed by atoms with Crippen molar-refractivity contribution < 1.29 is 37.1 Å². The monoisotopic (exact) mass is 674 g/mol. The fourth-order valence-electron chi connectivity index (χ4n) is 6.13. The Bertz CT molecular complexity index is 1450. The Morgan fingerprint density at radius 1 is 1.02 bits per heavy atom. The molecule has 2 heterocycles. The van der Waals surface area contributed by atoms with Crippen LogP contribution in [0.5, 0.6) is 5.88 Å². The second-order valence-corrected chi connectivity index (χ2v) is 12.6. The second-order valence-electron chi connectivity index (χ2n) is 12.6. The first-order valence-corrected chi connectivity index (χ1v) is 16.4. The van der Waals surface area contributed by atoms with Gasteiger partial charge in [-0.15, -0.1) is 0 Å². The summed E-state index contributed by atoms with van der Waals surface area (Å²) < 4.78 is 50.9. The number of ether oxygens (including phenoxy) is 1. The summed E-state index contributed by atoms with van der Waals surface area (Å²) in [6.45, 7) is 5.78. The number of anilines is 1. The SMILES string of the molecule is CCC(=O)N[C@@H](C(=O)N1CCN(C)CC1)[C@@H](C)c1ccc(NC(=O)[C@@H](NC(=O)C(F)(F)c2ccc(OC)nc2)C2CCCCC2)c(F)c1. The van der Waals surface area contributed by atoms with Gasteiger partial charge in [-0.1, -0.05) is 39.2 Å². The Morgan fingerprint density at radius 2 is 1.71 bits per heavy atom. The van der Waals surface area contributed by atoms with Gasteiger partial charge in [0.1, 0.15) is 17.9 Å². The lowest BCUT2D eigenvalue weighted by molar-refractivity contribution is -0.149.